The zero-order valence-electron chi connectivity index (χ0n) is 14.8. The Morgan fingerprint density at radius 1 is 1.19 bits per heavy atom. The van der Waals surface area contributed by atoms with E-state index < -0.39 is 0 Å². The summed E-state index contributed by atoms with van der Waals surface area (Å²) in [6.07, 6.45) is 5.41. The lowest BCUT2D eigenvalue weighted by atomic mass is 9.98. The van der Waals surface area contributed by atoms with Crippen molar-refractivity contribution in [2.24, 2.45) is 0 Å². The van der Waals surface area contributed by atoms with Crippen molar-refractivity contribution in [2.45, 2.75) is 37.9 Å². The molecule has 1 N–H and O–H groups in total. The first-order valence-corrected chi connectivity index (χ1v) is 9.50. The average Bonchev–Trinajstić information content (AvgIpc) is 2.94. The maximum Gasteiger partial charge on any atom is 0.225 e. The molecule has 3 aliphatic heterocycles. The molecule has 2 atom stereocenters. The number of phenols is 1. The summed E-state index contributed by atoms with van der Waals surface area (Å²) in [5, 5.41) is 9.75. The van der Waals surface area contributed by atoms with Crippen LogP contribution in [0.3, 0.4) is 0 Å². The molecular formula is C20H24N4O2. The minimum atomic E-state index is 0.339. The van der Waals surface area contributed by atoms with E-state index in [1.54, 1.807) is 6.07 Å². The Balaban J connectivity index is 1.40. The highest BCUT2D eigenvalue weighted by atomic mass is 16.5. The third-order valence-corrected chi connectivity index (χ3v) is 5.89. The fraction of sp³-hybridized carbons (Fsp3) is 0.500. The largest absolute Gasteiger partial charge is 0.508 e. The molecule has 2 aromatic rings. The van der Waals surface area contributed by atoms with Gasteiger partial charge in [-0.2, -0.15) is 0 Å². The molecule has 4 heterocycles. The van der Waals surface area contributed by atoms with Crippen LogP contribution < -0.4 is 4.90 Å². The zero-order chi connectivity index (χ0) is 17.5. The topological polar surface area (TPSA) is 61.7 Å². The minimum Gasteiger partial charge on any atom is -0.508 e. The molecule has 6 heteroatoms. The standard InChI is InChI=1S/C20H24N4O2/c25-16-3-1-2-14(10-16)13-24-15-4-5-19(24)17-12-21-20(22-18(17)11-15)23-6-8-26-9-7-23/h1-3,10,12,15,19,25H,4-9,11,13H2/t15-,19-/m1/s1. The van der Waals surface area contributed by atoms with Gasteiger partial charge in [-0.1, -0.05) is 12.1 Å². The fourth-order valence-corrected chi connectivity index (χ4v) is 4.59. The maximum atomic E-state index is 9.75. The molecule has 3 aliphatic rings. The molecule has 5 rings (SSSR count). The highest BCUT2D eigenvalue weighted by molar-refractivity contribution is 5.38. The van der Waals surface area contributed by atoms with Gasteiger partial charge in [0.25, 0.3) is 0 Å². The number of aromatic hydroxyl groups is 1. The monoisotopic (exact) mass is 352 g/mol. The Morgan fingerprint density at radius 2 is 2.08 bits per heavy atom. The van der Waals surface area contributed by atoms with Crippen LogP contribution in [0.1, 0.15) is 35.7 Å². The van der Waals surface area contributed by atoms with Gasteiger partial charge < -0.3 is 14.7 Å². The number of aromatic nitrogens is 2. The van der Waals surface area contributed by atoms with Crippen molar-refractivity contribution >= 4 is 5.95 Å². The van der Waals surface area contributed by atoms with E-state index in [0.29, 0.717) is 17.8 Å². The van der Waals surface area contributed by atoms with Crippen LogP contribution in [0.15, 0.2) is 30.5 Å². The average molecular weight is 352 g/mol. The number of anilines is 1. The Kier molecular flexibility index (Phi) is 4.02. The Morgan fingerprint density at radius 3 is 2.92 bits per heavy atom. The van der Waals surface area contributed by atoms with Gasteiger partial charge in [0, 0.05) is 49.9 Å². The van der Waals surface area contributed by atoms with Crippen molar-refractivity contribution < 1.29 is 9.84 Å². The maximum absolute atomic E-state index is 9.75. The summed E-state index contributed by atoms with van der Waals surface area (Å²) in [5.41, 5.74) is 3.67. The summed E-state index contributed by atoms with van der Waals surface area (Å²) >= 11 is 0. The summed E-state index contributed by atoms with van der Waals surface area (Å²) in [5.74, 6) is 1.19. The molecule has 0 spiro atoms. The lowest BCUT2D eigenvalue weighted by Gasteiger charge is -2.36. The van der Waals surface area contributed by atoms with E-state index in [4.69, 9.17) is 9.72 Å². The lowest BCUT2D eigenvalue weighted by molar-refractivity contribution is 0.122. The first-order valence-electron chi connectivity index (χ1n) is 9.50. The van der Waals surface area contributed by atoms with Crippen molar-refractivity contribution in [3.05, 3.63) is 47.3 Å². The summed E-state index contributed by atoms with van der Waals surface area (Å²) < 4.78 is 5.44. The van der Waals surface area contributed by atoms with Gasteiger partial charge in [0.1, 0.15) is 5.75 Å². The highest BCUT2D eigenvalue weighted by Crippen LogP contribution is 2.44. The first kappa shape index (κ1) is 16.0. The van der Waals surface area contributed by atoms with E-state index in [9.17, 15) is 5.11 Å². The summed E-state index contributed by atoms with van der Waals surface area (Å²) in [7, 11) is 0. The predicted molar refractivity (Wildman–Crippen MR) is 98.2 cm³/mol. The van der Waals surface area contributed by atoms with Gasteiger partial charge in [0.2, 0.25) is 5.95 Å². The van der Waals surface area contributed by atoms with Crippen LogP contribution in [0.2, 0.25) is 0 Å². The van der Waals surface area contributed by atoms with E-state index in [2.05, 4.69) is 27.0 Å². The molecule has 2 saturated heterocycles. The SMILES string of the molecule is Oc1cccc(CN2[C@@H]3CC[C@@H]2c2cnc(N4CCOCC4)nc2C3)c1. The van der Waals surface area contributed by atoms with Crippen LogP contribution in [0, 0.1) is 0 Å². The number of morpholine rings is 1. The molecule has 2 fully saturated rings. The molecule has 1 aromatic heterocycles. The van der Waals surface area contributed by atoms with E-state index in [-0.39, 0.29) is 0 Å². The number of nitrogens with zero attached hydrogens (tertiary/aromatic N) is 4. The molecule has 26 heavy (non-hydrogen) atoms. The third-order valence-electron chi connectivity index (χ3n) is 5.89. The Hall–Kier alpha value is -2.18. The smallest absolute Gasteiger partial charge is 0.225 e. The van der Waals surface area contributed by atoms with Crippen LogP contribution >= 0.6 is 0 Å². The van der Waals surface area contributed by atoms with Gasteiger partial charge in [-0.05, 0) is 30.5 Å². The number of phenolic OH excluding ortho intramolecular Hbond substituents is 1. The van der Waals surface area contributed by atoms with E-state index in [1.807, 2.05) is 12.1 Å². The van der Waals surface area contributed by atoms with Crippen molar-refractivity contribution in [3.63, 3.8) is 0 Å². The van der Waals surface area contributed by atoms with Gasteiger partial charge in [-0.3, -0.25) is 4.90 Å². The number of hydrogen-bond donors (Lipinski definition) is 1. The van der Waals surface area contributed by atoms with E-state index >= 15 is 0 Å². The molecule has 0 amide bonds. The summed E-state index contributed by atoms with van der Waals surface area (Å²) in [6.45, 7) is 4.12. The molecule has 0 unspecified atom stereocenters. The van der Waals surface area contributed by atoms with Crippen molar-refractivity contribution in [1.29, 1.82) is 0 Å². The molecule has 2 bridgehead atoms. The van der Waals surface area contributed by atoms with Crippen molar-refractivity contribution in [1.82, 2.24) is 14.9 Å². The van der Waals surface area contributed by atoms with E-state index in [1.165, 1.54) is 17.7 Å². The number of benzene rings is 1. The quantitative estimate of drug-likeness (QED) is 0.914. The van der Waals surface area contributed by atoms with Gasteiger partial charge in [0.05, 0.1) is 18.9 Å². The molecule has 0 aliphatic carbocycles. The Labute approximate surface area is 153 Å². The second-order valence-corrected chi connectivity index (χ2v) is 7.46. The van der Waals surface area contributed by atoms with Crippen LogP contribution in [-0.4, -0.2) is 52.3 Å². The molecule has 136 valence electrons. The first-order chi connectivity index (χ1) is 12.8. The summed E-state index contributed by atoms with van der Waals surface area (Å²) in [4.78, 5) is 14.4. The minimum absolute atomic E-state index is 0.339. The normalized spacial score (nSPS) is 25.3. The molecule has 0 radical (unpaired) electrons. The van der Waals surface area contributed by atoms with Crippen LogP contribution in [0.4, 0.5) is 5.95 Å². The van der Waals surface area contributed by atoms with Gasteiger partial charge in [-0.15, -0.1) is 0 Å². The Bertz CT molecular complexity index is 806. The number of hydrogen-bond acceptors (Lipinski definition) is 6. The van der Waals surface area contributed by atoms with Crippen molar-refractivity contribution in [3.8, 4) is 5.75 Å². The zero-order valence-corrected chi connectivity index (χ0v) is 14.8. The van der Waals surface area contributed by atoms with E-state index in [0.717, 1.165) is 57.2 Å². The van der Waals surface area contributed by atoms with Crippen LogP contribution in [0.5, 0.6) is 5.75 Å². The van der Waals surface area contributed by atoms with Crippen molar-refractivity contribution in [2.75, 3.05) is 31.2 Å². The molecule has 1 aromatic carbocycles. The number of ether oxygens (including phenoxy) is 1. The number of fused-ring (bicyclic) bond motifs is 4. The van der Waals surface area contributed by atoms with Crippen LogP contribution in [0.25, 0.3) is 0 Å². The second-order valence-electron chi connectivity index (χ2n) is 7.46. The third kappa shape index (κ3) is 2.83. The highest BCUT2D eigenvalue weighted by Gasteiger charge is 2.40. The summed E-state index contributed by atoms with van der Waals surface area (Å²) in [6, 6.07) is 8.53. The van der Waals surface area contributed by atoms with Crippen LogP contribution in [-0.2, 0) is 17.7 Å². The molecule has 0 saturated carbocycles. The second kappa shape index (κ2) is 6.52. The van der Waals surface area contributed by atoms with Gasteiger partial charge in [-0.25, -0.2) is 9.97 Å². The molecular weight excluding hydrogens is 328 g/mol. The predicted octanol–water partition coefficient (Wildman–Crippen LogP) is 2.28. The number of rotatable bonds is 3. The molecule has 6 nitrogen and oxygen atoms in total. The van der Waals surface area contributed by atoms with Gasteiger partial charge >= 0.3 is 0 Å². The van der Waals surface area contributed by atoms with Gasteiger partial charge in [0.15, 0.2) is 0 Å². The fourth-order valence-electron chi connectivity index (χ4n) is 4.59. The lowest BCUT2D eigenvalue weighted by Crippen LogP contribution is -2.40.